The minimum Gasteiger partial charge on any atom is -0.493 e. The van der Waals surface area contributed by atoms with Crippen molar-refractivity contribution in [3.63, 3.8) is 0 Å². The highest BCUT2D eigenvalue weighted by atomic mass is 35.5. The van der Waals surface area contributed by atoms with Gasteiger partial charge >= 0.3 is 6.09 Å². The number of nitrogens with one attached hydrogen (secondary N) is 3. The Morgan fingerprint density at radius 1 is 0.979 bits per heavy atom. The molecule has 4 N–H and O–H groups in total. The number of alkyl carbamates (subject to hydrolysis) is 1. The van der Waals surface area contributed by atoms with Gasteiger partial charge < -0.3 is 44.4 Å². The molecule has 0 aliphatic rings. The van der Waals surface area contributed by atoms with E-state index in [2.05, 4.69) is 16.0 Å². The maximum Gasteiger partial charge on any atom is 0.408 e. The molecule has 4 rings (SSSR count). The van der Waals surface area contributed by atoms with E-state index in [9.17, 15) is 24.3 Å². The molecule has 0 fully saturated rings. The summed E-state index contributed by atoms with van der Waals surface area (Å²) in [6.07, 6.45) is -0.862. The SMILES string of the molecule is COc1cc2oc(-c3cccc(C(=O)Nc4ccc(Cl)cc4)c3)cc(=O)c2c(OCCNC(=O)[C@H](CO)NC(=O)OC(C)(C)C)c1OC. The maximum atomic E-state index is 13.5. The number of hydrogen-bond donors (Lipinski definition) is 4. The number of halogens is 1. The van der Waals surface area contributed by atoms with Crippen molar-refractivity contribution in [1.82, 2.24) is 10.6 Å². The Balaban J connectivity index is 1.55. The Bertz CT molecular complexity index is 1850. The molecule has 0 unspecified atom stereocenters. The fraction of sp³-hybridized carbons (Fsp3) is 0.294. The van der Waals surface area contributed by atoms with Gasteiger partial charge in [-0.05, 0) is 57.2 Å². The minimum absolute atomic E-state index is 0.0167. The molecule has 0 spiro atoms. The molecule has 3 amide bonds. The number of aliphatic hydroxyl groups is 1. The summed E-state index contributed by atoms with van der Waals surface area (Å²) in [5.74, 6) is -0.515. The second-order valence-electron chi connectivity index (χ2n) is 11.4. The van der Waals surface area contributed by atoms with Crippen molar-refractivity contribution in [3.05, 3.63) is 81.5 Å². The van der Waals surface area contributed by atoms with Gasteiger partial charge in [0.2, 0.25) is 11.7 Å². The molecule has 0 saturated carbocycles. The predicted molar refractivity (Wildman–Crippen MR) is 179 cm³/mol. The lowest BCUT2D eigenvalue weighted by Crippen LogP contribution is -2.50. The van der Waals surface area contributed by atoms with Gasteiger partial charge in [-0.2, -0.15) is 0 Å². The normalized spacial score (nSPS) is 11.7. The lowest BCUT2D eigenvalue weighted by atomic mass is 10.1. The van der Waals surface area contributed by atoms with Crippen molar-refractivity contribution in [1.29, 1.82) is 0 Å². The zero-order chi connectivity index (χ0) is 35.0. The quantitative estimate of drug-likeness (QED) is 0.153. The van der Waals surface area contributed by atoms with E-state index in [0.717, 1.165) is 0 Å². The maximum absolute atomic E-state index is 13.5. The number of methoxy groups -OCH3 is 2. The van der Waals surface area contributed by atoms with E-state index in [-0.39, 0.29) is 53.0 Å². The summed E-state index contributed by atoms with van der Waals surface area (Å²) in [6.45, 7) is 4.12. The van der Waals surface area contributed by atoms with Crippen molar-refractivity contribution < 1.29 is 42.9 Å². The number of amides is 3. The summed E-state index contributed by atoms with van der Waals surface area (Å²) in [6, 6.07) is 14.7. The van der Waals surface area contributed by atoms with Gasteiger partial charge in [-0.15, -0.1) is 0 Å². The van der Waals surface area contributed by atoms with E-state index in [1.165, 1.54) is 26.4 Å². The van der Waals surface area contributed by atoms with E-state index in [1.54, 1.807) is 69.3 Å². The van der Waals surface area contributed by atoms with Crippen LogP contribution in [0.25, 0.3) is 22.3 Å². The zero-order valence-electron chi connectivity index (χ0n) is 27.0. The lowest BCUT2D eigenvalue weighted by molar-refractivity contribution is -0.124. The van der Waals surface area contributed by atoms with E-state index in [0.29, 0.717) is 21.8 Å². The molecule has 254 valence electrons. The summed E-state index contributed by atoms with van der Waals surface area (Å²) in [5, 5.41) is 17.9. The van der Waals surface area contributed by atoms with Crippen molar-refractivity contribution >= 4 is 46.2 Å². The Hall–Kier alpha value is -5.27. The lowest BCUT2D eigenvalue weighted by Gasteiger charge is -2.22. The number of carbonyl (C=O) groups is 3. The number of rotatable bonds is 12. The van der Waals surface area contributed by atoms with Gasteiger partial charge in [0.25, 0.3) is 5.91 Å². The molecule has 0 saturated heterocycles. The van der Waals surface area contributed by atoms with Crippen molar-refractivity contribution in [2.45, 2.75) is 32.4 Å². The molecule has 3 aromatic carbocycles. The number of fused-ring (bicyclic) bond motifs is 1. The van der Waals surface area contributed by atoms with E-state index < -0.39 is 35.7 Å². The molecule has 13 nitrogen and oxygen atoms in total. The predicted octanol–water partition coefficient (Wildman–Crippen LogP) is 4.76. The first-order chi connectivity index (χ1) is 22.8. The summed E-state index contributed by atoms with van der Waals surface area (Å²) in [4.78, 5) is 51.1. The third-order valence-electron chi connectivity index (χ3n) is 6.67. The fourth-order valence-corrected chi connectivity index (χ4v) is 4.64. The van der Waals surface area contributed by atoms with Crippen molar-refractivity contribution in [2.75, 3.05) is 39.3 Å². The first-order valence-corrected chi connectivity index (χ1v) is 15.1. The Morgan fingerprint density at radius 2 is 1.71 bits per heavy atom. The first kappa shape index (κ1) is 35.6. The molecule has 0 bridgehead atoms. The molecule has 4 aromatic rings. The highest BCUT2D eigenvalue weighted by Gasteiger charge is 2.25. The molecule has 0 aliphatic heterocycles. The summed E-state index contributed by atoms with van der Waals surface area (Å²) in [5.41, 5.74) is 0.214. The van der Waals surface area contributed by atoms with Crippen LogP contribution in [0.5, 0.6) is 17.2 Å². The Labute approximate surface area is 281 Å². The van der Waals surface area contributed by atoms with Crippen LogP contribution < -0.4 is 35.6 Å². The second-order valence-corrected chi connectivity index (χ2v) is 11.8. The van der Waals surface area contributed by atoms with E-state index in [1.807, 2.05) is 0 Å². The topological polar surface area (TPSA) is 175 Å². The van der Waals surface area contributed by atoms with Crippen LogP contribution in [0.4, 0.5) is 10.5 Å². The van der Waals surface area contributed by atoms with Gasteiger partial charge in [0.1, 0.15) is 35.0 Å². The van der Waals surface area contributed by atoms with Crippen LogP contribution in [-0.2, 0) is 9.53 Å². The number of anilines is 1. The van der Waals surface area contributed by atoms with E-state index in [4.69, 9.17) is 35.0 Å². The van der Waals surface area contributed by atoms with Crippen molar-refractivity contribution in [2.24, 2.45) is 0 Å². The van der Waals surface area contributed by atoms with Crippen LogP contribution >= 0.6 is 11.6 Å². The molecular weight excluding hydrogens is 646 g/mol. The first-order valence-electron chi connectivity index (χ1n) is 14.7. The van der Waals surface area contributed by atoms with Crippen LogP contribution in [0.1, 0.15) is 31.1 Å². The van der Waals surface area contributed by atoms with Crippen LogP contribution in [0, 0.1) is 0 Å². The highest BCUT2D eigenvalue weighted by Crippen LogP contribution is 2.43. The minimum atomic E-state index is -1.26. The summed E-state index contributed by atoms with van der Waals surface area (Å²) >= 11 is 5.93. The zero-order valence-corrected chi connectivity index (χ0v) is 27.7. The molecule has 48 heavy (non-hydrogen) atoms. The van der Waals surface area contributed by atoms with Crippen LogP contribution in [0.15, 0.2) is 69.9 Å². The highest BCUT2D eigenvalue weighted by molar-refractivity contribution is 6.30. The number of benzene rings is 3. The van der Waals surface area contributed by atoms with Gasteiger partial charge in [0, 0.05) is 34.0 Å². The standard InChI is InChI=1S/C34H36ClN3O10/c1-34(2,3)48-33(43)38-23(18-39)32(42)36-13-14-46-30-28-24(40)16-25(47-26(28)17-27(44-4)29(30)45-5)19-7-6-8-20(15-19)31(41)37-22-11-9-21(35)10-12-22/h6-12,15-17,23,39H,13-14,18H2,1-5H3,(H,36,42)(H,37,41)(H,38,43)/t23-/m0/s1. The second kappa shape index (κ2) is 15.5. The monoisotopic (exact) mass is 681 g/mol. The number of carbonyl (C=O) groups excluding carboxylic acids is 3. The number of hydrogen-bond acceptors (Lipinski definition) is 10. The average Bonchev–Trinajstić information content (AvgIpc) is 3.05. The van der Waals surface area contributed by atoms with Gasteiger partial charge in [0.15, 0.2) is 16.9 Å². The van der Waals surface area contributed by atoms with Gasteiger partial charge in [-0.1, -0.05) is 23.7 Å². The molecule has 1 aromatic heterocycles. The third kappa shape index (κ3) is 8.96. The molecule has 1 atom stereocenters. The number of aliphatic hydroxyl groups excluding tert-OH is 1. The van der Waals surface area contributed by atoms with Gasteiger partial charge in [0.05, 0.1) is 27.4 Å². The summed E-state index contributed by atoms with van der Waals surface area (Å²) in [7, 11) is 2.79. The molecule has 1 heterocycles. The third-order valence-corrected chi connectivity index (χ3v) is 6.92. The summed E-state index contributed by atoms with van der Waals surface area (Å²) < 4.78 is 28.1. The Morgan fingerprint density at radius 3 is 2.35 bits per heavy atom. The van der Waals surface area contributed by atoms with Crippen LogP contribution in [0.2, 0.25) is 5.02 Å². The Kier molecular flexibility index (Phi) is 11.5. The molecular formula is C34H36ClN3O10. The van der Waals surface area contributed by atoms with E-state index >= 15 is 0 Å². The molecule has 14 heteroatoms. The average molecular weight is 682 g/mol. The van der Waals surface area contributed by atoms with Crippen LogP contribution in [0.3, 0.4) is 0 Å². The fourth-order valence-electron chi connectivity index (χ4n) is 4.52. The van der Waals surface area contributed by atoms with Crippen molar-refractivity contribution in [3.8, 4) is 28.6 Å². The van der Waals surface area contributed by atoms with Crippen LogP contribution in [-0.4, -0.2) is 68.6 Å². The smallest absolute Gasteiger partial charge is 0.408 e. The van der Waals surface area contributed by atoms with Gasteiger partial charge in [-0.25, -0.2) is 4.79 Å². The largest absolute Gasteiger partial charge is 0.493 e. The molecule has 0 aliphatic carbocycles. The number of ether oxygens (including phenoxy) is 4. The molecule has 0 radical (unpaired) electrons. The van der Waals surface area contributed by atoms with Gasteiger partial charge in [-0.3, -0.25) is 14.4 Å².